The van der Waals surface area contributed by atoms with Crippen molar-refractivity contribution in [3.63, 3.8) is 0 Å². The Morgan fingerprint density at radius 2 is 1.83 bits per heavy atom. The first kappa shape index (κ1) is 24.3. The number of furan rings is 1. The molecule has 5 rings (SSSR count). The van der Waals surface area contributed by atoms with Crippen LogP contribution in [0, 0.1) is 0 Å². The summed E-state index contributed by atoms with van der Waals surface area (Å²) >= 11 is 6.51. The van der Waals surface area contributed by atoms with Gasteiger partial charge < -0.3 is 9.32 Å². The minimum Gasteiger partial charge on any atom is -0.449 e. The Kier molecular flexibility index (Phi) is 7.70. The maximum atomic E-state index is 13.1. The van der Waals surface area contributed by atoms with Crippen molar-refractivity contribution in [2.24, 2.45) is 4.99 Å². The van der Waals surface area contributed by atoms with Gasteiger partial charge in [0.2, 0.25) is 0 Å². The van der Waals surface area contributed by atoms with Gasteiger partial charge in [-0.3, -0.25) is 9.69 Å². The molecule has 0 N–H and O–H groups in total. The maximum Gasteiger partial charge on any atom is 0.266 e. The molecule has 2 aliphatic rings. The van der Waals surface area contributed by atoms with Crippen molar-refractivity contribution < 1.29 is 9.21 Å². The Balaban J connectivity index is 1.33. The number of anilines is 1. The number of amidine groups is 1. The normalized spacial score (nSPS) is 18.7. The van der Waals surface area contributed by atoms with Gasteiger partial charge in [0.05, 0.1) is 15.1 Å². The summed E-state index contributed by atoms with van der Waals surface area (Å²) in [5.74, 6) is 0.584. The monoisotopic (exact) mass is 567 g/mol. The van der Waals surface area contributed by atoms with Crippen LogP contribution in [0.5, 0.6) is 0 Å². The van der Waals surface area contributed by atoms with E-state index in [-0.39, 0.29) is 5.91 Å². The third-order valence-corrected chi connectivity index (χ3v) is 8.76. The number of amides is 1. The Hall–Kier alpha value is -2.42. The highest BCUT2D eigenvalue weighted by Crippen LogP contribution is 2.39. The van der Waals surface area contributed by atoms with Crippen molar-refractivity contribution in [2.75, 3.05) is 24.5 Å². The minimum atomic E-state index is -0.0500. The number of piperidine rings is 1. The van der Waals surface area contributed by atoms with Gasteiger partial charge in [0.25, 0.3) is 5.91 Å². The van der Waals surface area contributed by atoms with E-state index in [4.69, 9.17) is 9.41 Å². The second-order valence-corrected chi connectivity index (χ2v) is 11.2. The standard InChI is InChI=1S/C27H26BrN3O2S2/c1-2-31-25(32)24(18-21-17-23(28)26(33-21)34-22-9-5-3-6-10-22)35-27(31)29-19-11-13-20(14-12-19)30-15-7-4-8-16-30/h3,5-6,9-14,17-18H,2,4,7-8,15-16H2,1H3/b24-18-,29-27?. The summed E-state index contributed by atoms with van der Waals surface area (Å²) in [6.45, 7) is 4.76. The van der Waals surface area contributed by atoms with Crippen LogP contribution in [0.15, 0.2) is 89.4 Å². The third-order valence-electron chi connectivity index (χ3n) is 5.90. The van der Waals surface area contributed by atoms with Crippen LogP contribution in [0.2, 0.25) is 0 Å². The van der Waals surface area contributed by atoms with Crippen molar-refractivity contribution in [3.05, 3.63) is 75.8 Å². The lowest BCUT2D eigenvalue weighted by Crippen LogP contribution is -2.29. The van der Waals surface area contributed by atoms with Crippen molar-refractivity contribution >= 4 is 68.0 Å². The summed E-state index contributed by atoms with van der Waals surface area (Å²) in [6.07, 6.45) is 5.62. The van der Waals surface area contributed by atoms with Gasteiger partial charge in [-0.1, -0.05) is 30.0 Å². The van der Waals surface area contributed by atoms with Gasteiger partial charge in [-0.05, 0) is 96.3 Å². The van der Waals surface area contributed by atoms with Crippen LogP contribution in [0.25, 0.3) is 6.08 Å². The largest absolute Gasteiger partial charge is 0.449 e. The molecule has 2 aromatic carbocycles. The number of carbonyl (C=O) groups excluding carboxylic acids is 1. The summed E-state index contributed by atoms with van der Waals surface area (Å²) in [4.78, 5) is 23.7. The maximum absolute atomic E-state index is 13.1. The molecule has 0 radical (unpaired) electrons. The zero-order chi connectivity index (χ0) is 24.2. The number of hydrogen-bond donors (Lipinski definition) is 0. The van der Waals surface area contributed by atoms with Gasteiger partial charge >= 0.3 is 0 Å². The highest BCUT2D eigenvalue weighted by Gasteiger charge is 2.32. The number of halogens is 1. The fourth-order valence-electron chi connectivity index (χ4n) is 4.11. The molecule has 0 spiro atoms. The molecule has 3 aromatic rings. The molecule has 2 aliphatic heterocycles. The number of rotatable bonds is 6. The molecule has 3 heterocycles. The first-order valence-electron chi connectivity index (χ1n) is 11.8. The van der Waals surface area contributed by atoms with E-state index in [0.29, 0.717) is 22.4 Å². The van der Waals surface area contributed by atoms with E-state index in [9.17, 15) is 4.79 Å². The molecule has 0 bridgehead atoms. The quantitative estimate of drug-likeness (QED) is 0.284. The van der Waals surface area contributed by atoms with Crippen LogP contribution < -0.4 is 4.90 Å². The Morgan fingerprint density at radius 3 is 2.54 bits per heavy atom. The molecule has 0 unspecified atom stereocenters. The molecule has 35 heavy (non-hydrogen) atoms. The van der Waals surface area contributed by atoms with E-state index in [1.165, 1.54) is 36.7 Å². The lowest BCUT2D eigenvalue weighted by molar-refractivity contribution is -0.122. The fraction of sp³-hybridized carbons (Fsp3) is 0.259. The van der Waals surface area contributed by atoms with Gasteiger partial charge in [0.15, 0.2) is 10.3 Å². The van der Waals surface area contributed by atoms with Gasteiger partial charge in [0, 0.05) is 36.3 Å². The molecular weight excluding hydrogens is 542 g/mol. The summed E-state index contributed by atoms with van der Waals surface area (Å²) in [6, 6.07) is 20.3. The SMILES string of the molecule is CCN1C(=O)/C(=C/c2cc(Br)c(Sc3ccccc3)o2)SC1=Nc1ccc(N2CCCCC2)cc1. The number of thioether (sulfide) groups is 1. The smallest absolute Gasteiger partial charge is 0.266 e. The molecular formula is C27H26BrN3O2S2. The minimum absolute atomic E-state index is 0.0500. The molecule has 5 nitrogen and oxygen atoms in total. The van der Waals surface area contributed by atoms with Crippen molar-refractivity contribution in [1.29, 1.82) is 0 Å². The third kappa shape index (κ3) is 5.71. The van der Waals surface area contributed by atoms with Crippen LogP contribution >= 0.6 is 39.5 Å². The van der Waals surface area contributed by atoms with Gasteiger partial charge in [-0.15, -0.1) is 0 Å². The first-order chi connectivity index (χ1) is 17.1. The number of likely N-dealkylation sites (N-methyl/N-ethyl adjacent to an activating group) is 1. The summed E-state index contributed by atoms with van der Waals surface area (Å²) in [5.41, 5.74) is 2.09. The molecule has 8 heteroatoms. The Morgan fingerprint density at radius 1 is 1.09 bits per heavy atom. The van der Waals surface area contributed by atoms with Crippen molar-refractivity contribution in [1.82, 2.24) is 4.90 Å². The zero-order valence-electron chi connectivity index (χ0n) is 19.4. The topological polar surface area (TPSA) is 49.1 Å². The Bertz CT molecular complexity index is 1250. The highest BCUT2D eigenvalue weighted by molar-refractivity contribution is 9.10. The van der Waals surface area contributed by atoms with E-state index in [1.54, 1.807) is 22.7 Å². The summed E-state index contributed by atoms with van der Waals surface area (Å²) in [5, 5.41) is 1.45. The predicted octanol–water partition coefficient (Wildman–Crippen LogP) is 7.81. The number of carbonyl (C=O) groups is 1. The van der Waals surface area contributed by atoms with Crippen LogP contribution in [0.4, 0.5) is 11.4 Å². The molecule has 180 valence electrons. The lowest BCUT2D eigenvalue weighted by Gasteiger charge is -2.28. The number of hydrogen-bond acceptors (Lipinski definition) is 6. The summed E-state index contributed by atoms with van der Waals surface area (Å²) in [7, 11) is 0. The lowest BCUT2D eigenvalue weighted by atomic mass is 10.1. The van der Waals surface area contributed by atoms with Gasteiger partial charge in [-0.25, -0.2) is 4.99 Å². The van der Waals surface area contributed by atoms with E-state index in [2.05, 4.69) is 33.0 Å². The van der Waals surface area contributed by atoms with Crippen molar-refractivity contribution in [2.45, 2.75) is 36.2 Å². The molecule has 2 fully saturated rings. The highest BCUT2D eigenvalue weighted by atomic mass is 79.9. The van der Waals surface area contributed by atoms with Crippen LogP contribution in [0.1, 0.15) is 31.9 Å². The molecule has 1 aromatic heterocycles. The first-order valence-corrected chi connectivity index (χ1v) is 14.2. The number of nitrogens with zero attached hydrogens (tertiary/aromatic N) is 3. The van der Waals surface area contributed by atoms with E-state index < -0.39 is 0 Å². The number of benzene rings is 2. The van der Waals surface area contributed by atoms with E-state index in [1.807, 2.05) is 55.5 Å². The molecule has 0 saturated carbocycles. The second kappa shape index (κ2) is 11.1. The predicted molar refractivity (Wildman–Crippen MR) is 150 cm³/mol. The second-order valence-electron chi connectivity index (χ2n) is 8.32. The zero-order valence-corrected chi connectivity index (χ0v) is 22.7. The summed E-state index contributed by atoms with van der Waals surface area (Å²) < 4.78 is 6.90. The van der Waals surface area contributed by atoms with E-state index >= 15 is 0 Å². The van der Waals surface area contributed by atoms with Crippen LogP contribution in [-0.4, -0.2) is 35.6 Å². The fourth-order valence-corrected chi connectivity index (χ4v) is 6.50. The molecule has 0 atom stereocenters. The average molecular weight is 569 g/mol. The van der Waals surface area contributed by atoms with Gasteiger partial charge in [0.1, 0.15) is 5.76 Å². The van der Waals surface area contributed by atoms with Crippen LogP contribution in [-0.2, 0) is 4.79 Å². The molecule has 0 aliphatic carbocycles. The number of aliphatic imine (C=N–C) groups is 1. The van der Waals surface area contributed by atoms with Crippen molar-refractivity contribution in [3.8, 4) is 0 Å². The molecule has 1 amide bonds. The van der Waals surface area contributed by atoms with Crippen LogP contribution in [0.3, 0.4) is 0 Å². The Labute approximate surface area is 222 Å². The van der Waals surface area contributed by atoms with E-state index in [0.717, 1.165) is 33.2 Å². The molecule has 2 saturated heterocycles. The average Bonchev–Trinajstić information content (AvgIpc) is 3.38. The van der Waals surface area contributed by atoms with Gasteiger partial charge in [-0.2, -0.15) is 0 Å².